The van der Waals surface area contributed by atoms with Crippen molar-refractivity contribution in [1.82, 2.24) is 15.3 Å². The summed E-state index contributed by atoms with van der Waals surface area (Å²) in [4.78, 5) is 20.5. The van der Waals surface area contributed by atoms with Crippen molar-refractivity contribution < 1.29 is 9.53 Å². The Balaban J connectivity index is 1.88. The van der Waals surface area contributed by atoms with Gasteiger partial charge in [0.2, 0.25) is 5.95 Å². The summed E-state index contributed by atoms with van der Waals surface area (Å²) in [7, 11) is 0. The Morgan fingerprint density at radius 3 is 2.57 bits per heavy atom. The molecular formula is C17H28N4O2. The molecule has 6 heteroatoms. The molecule has 2 N–H and O–H groups in total. The van der Waals surface area contributed by atoms with Gasteiger partial charge < -0.3 is 15.4 Å². The lowest BCUT2D eigenvalue weighted by Crippen LogP contribution is -2.42. The summed E-state index contributed by atoms with van der Waals surface area (Å²) >= 11 is 0. The second-order valence-corrected chi connectivity index (χ2v) is 7.26. The maximum Gasteiger partial charge on any atom is 0.407 e. The molecule has 6 nitrogen and oxygen atoms in total. The Kier molecular flexibility index (Phi) is 5.80. The number of aryl methyl sites for hydroxylation is 1. The molecule has 1 aliphatic rings. The smallest absolute Gasteiger partial charge is 0.407 e. The summed E-state index contributed by atoms with van der Waals surface area (Å²) in [5, 5.41) is 6.31. The summed E-state index contributed by atoms with van der Waals surface area (Å²) in [6, 6.07) is 0.279. The first-order chi connectivity index (χ1) is 10.8. The zero-order valence-corrected chi connectivity index (χ0v) is 14.6. The van der Waals surface area contributed by atoms with Gasteiger partial charge in [-0.1, -0.05) is 12.8 Å². The lowest BCUT2D eigenvalue weighted by Gasteiger charge is -2.32. The van der Waals surface area contributed by atoms with E-state index >= 15 is 0 Å². The van der Waals surface area contributed by atoms with Crippen LogP contribution in [-0.2, 0) is 4.74 Å². The first-order valence-electron chi connectivity index (χ1n) is 8.35. The molecule has 1 aromatic rings. The lowest BCUT2D eigenvalue weighted by atomic mass is 9.84. The van der Waals surface area contributed by atoms with Gasteiger partial charge >= 0.3 is 6.09 Å². The molecule has 0 spiro atoms. The molecule has 0 radical (unpaired) electrons. The average molecular weight is 320 g/mol. The third-order valence-corrected chi connectivity index (χ3v) is 3.91. The van der Waals surface area contributed by atoms with E-state index in [0.29, 0.717) is 18.4 Å². The van der Waals surface area contributed by atoms with Crippen LogP contribution in [0.15, 0.2) is 12.4 Å². The summed E-state index contributed by atoms with van der Waals surface area (Å²) in [5.41, 5.74) is 0.576. The molecule has 1 heterocycles. The average Bonchev–Trinajstić information content (AvgIpc) is 2.47. The minimum absolute atomic E-state index is 0.279. The number of aromatic nitrogens is 2. The highest BCUT2D eigenvalue weighted by Gasteiger charge is 2.26. The van der Waals surface area contributed by atoms with Gasteiger partial charge in [-0.2, -0.15) is 0 Å². The fraction of sp³-hybridized carbons (Fsp3) is 0.706. The number of amides is 1. The second kappa shape index (κ2) is 7.62. The number of rotatable bonds is 4. The molecule has 1 amide bonds. The van der Waals surface area contributed by atoms with Crippen LogP contribution in [0.25, 0.3) is 0 Å². The van der Waals surface area contributed by atoms with Crippen molar-refractivity contribution in [3.63, 3.8) is 0 Å². The number of hydrogen-bond acceptors (Lipinski definition) is 5. The van der Waals surface area contributed by atoms with Crippen LogP contribution in [-0.4, -0.2) is 34.2 Å². The fourth-order valence-corrected chi connectivity index (χ4v) is 2.80. The van der Waals surface area contributed by atoms with Gasteiger partial charge in [0.1, 0.15) is 5.60 Å². The van der Waals surface area contributed by atoms with Crippen molar-refractivity contribution in [2.45, 2.75) is 65.0 Å². The number of anilines is 1. The van der Waals surface area contributed by atoms with E-state index in [1.807, 2.05) is 40.1 Å². The summed E-state index contributed by atoms with van der Waals surface area (Å²) in [6.07, 6.45) is 7.80. The van der Waals surface area contributed by atoms with Gasteiger partial charge in [-0.25, -0.2) is 14.8 Å². The minimum Gasteiger partial charge on any atom is -0.444 e. The van der Waals surface area contributed by atoms with E-state index in [1.165, 1.54) is 12.8 Å². The van der Waals surface area contributed by atoms with E-state index < -0.39 is 5.60 Å². The van der Waals surface area contributed by atoms with Crippen LogP contribution >= 0.6 is 0 Å². The van der Waals surface area contributed by atoms with Gasteiger partial charge in [0.25, 0.3) is 0 Å². The molecule has 1 fully saturated rings. The summed E-state index contributed by atoms with van der Waals surface area (Å²) in [5.74, 6) is 1.02. The SMILES string of the molecule is Cc1cnc(NC2CCCCC2CNC(=O)OC(C)(C)C)nc1. The first-order valence-corrected chi connectivity index (χ1v) is 8.35. The van der Waals surface area contributed by atoms with Gasteiger partial charge in [-0.05, 0) is 52.0 Å². The molecule has 2 atom stereocenters. The Bertz CT molecular complexity index is 510. The molecule has 1 aliphatic carbocycles. The van der Waals surface area contributed by atoms with Crippen LogP contribution in [0.1, 0.15) is 52.0 Å². The van der Waals surface area contributed by atoms with Crippen molar-refractivity contribution in [3.05, 3.63) is 18.0 Å². The zero-order chi connectivity index (χ0) is 16.9. The van der Waals surface area contributed by atoms with Crippen molar-refractivity contribution in [2.24, 2.45) is 5.92 Å². The monoisotopic (exact) mass is 320 g/mol. The van der Waals surface area contributed by atoms with Crippen LogP contribution < -0.4 is 10.6 Å². The van der Waals surface area contributed by atoms with Crippen molar-refractivity contribution in [2.75, 3.05) is 11.9 Å². The Hall–Kier alpha value is -1.85. The lowest BCUT2D eigenvalue weighted by molar-refractivity contribution is 0.0514. The highest BCUT2D eigenvalue weighted by atomic mass is 16.6. The molecule has 0 bridgehead atoms. The largest absolute Gasteiger partial charge is 0.444 e. The maximum absolute atomic E-state index is 11.8. The Morgan fingerprint density at radius 1 is 1.26 bits per heavy atom. The number of alkyl carbamates (subject to hydrolysis) is 1. The Morgan fingerprint density at radius 2 is 1.91 bits per heavy atom. The molecule has 1 saturated carbocycles. The van der Waals surface area contributed by atoms with E-state index in [2.05, 4.69) is 20.6 Å². The second-order valence-electron chi connectivity index (χ2n) is 7.26. The fourth-order valence-electron chi connectivity index (χ4n) is 2.80. The molecule has 1 aromatic heterocycles. The predicted molar refractivity (Wildman–Crippen MR) is 90.4 cm³/mol. The molecule has 0 aromatic carbocycles. The first kappa shape index (κ1) is 17.5. The maximum atomic E-state index is 11.8. The topological polar surface area (TPSA) is 76.1 Å². The van der Waals surface area contributed by atoms with Gasteiger partial charge in [-0.15, -0.1) is 0 Å². The zero-order valence-electron chi connectivity index (χ0n) is 14.6. The number of nitrogens with one attached hydrogen (secondary N) is 2. The van der Waals surface area contributed by atoms with E-state index in [0.717, 1.165) is 18.4 Å². The number of hydrogen-bond donors (Lipinski definition) is 2. The van der Waals surface area contributed by atoms with Crippen molar-refractivity contribution in [3.8, 4) is 0 Å². The predicted octanol–water partition coefficient (Wildman–Crippen LogP) is 3.28. The highest BCUT2D eigenvalue weighted by Crippen LogP contribution is 2.26. The van der Waals surface area contributed by atoms with E-state index in [-0.39, 0.29) is 12.1 Å². The standard InChI is InChI=1S/C17H28N4O2/c1-12-9-18-15(19-10-12)21-14-8-6-5-7-13(14)11-20-16(22)23-17(2,3)4/h9-10,13-14H,5-8,11H2,1-4H3,(H,20,22)(H,18,19,21). The molecule has 2 unspecified atom stereocenters. The number of carbonyl (C=O) groups excluding carboxylic acids is 1. The van der Waals surface area contributed by atoms with E-state index in [1.54, 1.807) is 0 Å². The van der Waals surface area contributed by atoms with E-state index in [4.69, 9.17) is 4.74 Å². The van der Waals surface area contributed by atoms with Gasteiger partial charge in [-0.3, -0.25) is 0 Å². The molecule has 128 valence electrons. The molecule has 0 saturated heterocycles. The van der Waals surface area contributed by atoms with Crippen LogP contribution in [0, 0.1) is 12.8 Å². The van der Waals surface area contributed by atoms with Crippen molar-refractivity contribution in [1.29, 1.82) is 0 Å². The minimum atomic E-state index is -0.468. The summed E-state index contributed by atoms with van der Waals surface area (Å²) < 4.78 is 5.30. The third-order valence-electron chi connectivity index (χ3n) is 3.91. The van der Waals surface area contributed by atoms with E-state index in [9.17, 15) is 4.79 Å². The normalized spacial score (nSPS) is 21.6. The van der Waals surface area contributed by atoms with Crippen LogP contribution in [0.2, 0.25) is 0 Å². The number of nitrogens with zero attached hydrogens (tertiary/aromatic N) is 2. The molecular weight excluding hydrogens is 292 g/mol. The quantitative estimate of drug-likeness (QED) is 0.890. The van der Waals surface area contributed by atoms with Crippen LogP contribution in [0.5, 0.6) is 0 Å². The van der Waals surface area contributed by atoms with Gasteiger partial charge in [0.05, 0.1) is 0 Å². The molecule has 2 rings (SSSR count). The highest BCUT2D eigenvalue weighted by molar-refractivity contribution is 5.67. The van der Waals surface area contributed by atoms with Gasteiger partial charge in [0, 0.05) is 25.0 Å². The number of carbonyl (C=O) groups is 1. The van der Waals surface area contributed by atoms with Crippen LogP contribution in [0.4, 0.5) is 10.7 Å². The molecule has 0 aliphatic heterocycles. The van der Waals surface area contributed by atoms with Gasteiger partial charge in [0.15, 0.2) is 0 Å². The van der Waals surface area contributed by atoms with Crippen molar-refractivity contribution >= 4 is 12.0 Å². The van der Waals surface area contributed by atoms with Crippen LogP contribution in [0.3, 0.4) is 0 Å². The molecule has 23 heavy (non-hydrogen) atoms. The Labute approximate surface area is 138 Å². The summed E-state index contributed by atoms with van der Waals surface area (Å²) in [6.45, 7) is 8.18. The number of ether oxygens (including phenoxy) is 1. The third kappa shape index (κ3) is 6.04.